The number of amides is 4. The zero-order chi connectivity index (χ0) is 28.6. The molecule has 1 heterocycles. The van der Waals surface area contributed by atoms with Gasteiger partial charge in [-0.25, -0.2) is 9.59 Å². The maximum atomic E-state index is 12.9. The molecular weight excluding hydrogens is 540 g/mol. The van der Waals surface area contributed by atoms with Crippen LogP contribution in [-0.2, 0) is 13.0 Å². The highest BCUT2D eigenvalue weighted by Crippen LogP contribution is 2.29. The Morgan fingerprint density at radius 1 is 0.925 bits per heavy atom. The number of carbonyl (C=O) groups excluding carboxylic acids is 2. The number of hydrogen-bond donors (Lipinski definition) is 5. The topological polar surface area (TPSA) is 142 Å². The highest BCUT2D eigenvalue weighted by atomic mass is 35.5. The van der Waals surface area contributed by atoms with Crippen molar-refractivity contribution in [2.24, 2.45) is 0 Å². The van der Waals surface area contributed by atoms with E-state index in [9.17, 15) is 14.7 Å². The van der Waals surface area contributed by atoms with Crippen LogP contribution in [0, 0.1) is 0 Å². The molecule has 11 nitrogen and oxygen atoms in total. The van der Waals surface area contributed by atoms with Crippen LogP contribution >= 0.6 is 11.6 Å². The number of nitrogens with one attached hydrogen (secondary N) is 3. The maximum Gasteiger partial charge on any atom is 0.323 e. The minimum Gasteiger partial charge on any atom is -0.497 e. The number of anilines is 3. The summed E-state index contributed by atoms with van der Waals surface area (Å²) in [6, 6.07) is 14.7. The molecule has 1 unspecified atom stereocenters. The molecule has 1 aliphatic heterocycles. The third-order valence-electron chi connectivity index (χ3n) is 6.21. The van der Waals surface area contributed by atoms with Crippen LogP contribution in [0.25, 0.3) is 0 Å². The van der Waals surface area contributed by atoms with E-state index in [-0.39, 0.29) is 17.7 Å². The predicted octanol–water partition coefficient (Wildman–Crippen LogP) is 4.32. The SMILES string of the molecule is COc1cc(NC(=O)Nc2ccc3c(c2)CCN(C(=O)Nc2ccc(OCC(O)CO)cc2Cl)C3)cc(OC)c1. The Balaban J connectivity index is 1.33. The van der Waals surface area contributed by atoms with Crippen molar-refractivity contribution >= 4 is 40.7 Å². The molecule has 3 aromatic carbocycles. The lowest BCUT2D eigenvalue weighted by molar-refractivity contribution is 0.0536. The molecule has 12 heteroatoms. The Hall–Kier alpha value is -4.19. The standard InChI is InChI=1S/C28H31ClN4O7/c1-38-23-10-20(11-24(12-23)39-2)31-27(36)30-19-4-3-18-14-33(8-7-17(18)9-19)28(37)32-26-6-5-22(13-25(26)29)40-16-21(35)15-34/h3-6,9-13,21,34-35H,7-8,14-16H2,1-2H3,(H,32,37)(H2,30,31,36). The fourth-order valence-electron chi connectivity index (χ4n) is 4.10. The fourth-order valence-corrected chi connectivity index (χ4v) is 4.32. The Morgan fingerprint density at radius 3 is 2.33 bits per heavy atom. The summed E-state index contributed by atoms with van der Waals surface area (Å²) in [6.07, 6.45) is -0.381. The summed E-state index contributed by atoms with van der Waals surface area (Å²) in [5, 5.41) is 27.0. The van der Waals surface area contributed by atoms with Crippen LogP contribution in [0.4, 0.5) is 26.7 Å². The van der Waals surface area contributed by atoms with E-state index < -0.39 is 18.7 Å². The van der Waals surface area contributed by atoms with Crippen molar-refractivity contribution in [1.29, 1.82) is 0 Å². The van der Waals surface area contributed by atoms with E-state index in [1.165, 1.54) is 20.3 Å². The van der Waals surface area contributed by atoms with Crippen molar-refractivity contribution in [2.75, 3.05) is 49.9 Å². The normalized spacial score (nSPS) is 13.1. The number of ether oxygens (including phenoxy) is 3. The van der Waals surface area contributed by atoms with Crippen LogP contribution in [0.15, 0.2) is 54.6 Å². The molecule has 0 bridgehead atoms. The second-order valence-corrected chi connectivity index (χ2v) is 9.46. The third-order valence-corrected chi connectivity index (χ3v) is 6.52. The van der Waals surface area contributed by atoms with Gasteiger partial charge in [-0.1, -0.05) is 17.7 Å². The van der Waals surface area contributed by atoms with E-state index in [1.54, 1.807) is 41.3 Å². The lowest BCUT2D eigenvalue weighted by Gasteiger charge is -2.29. The first kappa shape index (κ1) is 28.8. The van der Waals surface area contributed by atoms with Crippen LogP contribution in [0.5, 0.6) is 17.2 Å². The molecule has 4 rings (SSSR count). The Morgan fingerprint density at radius 2 is 1.65 bits per heavy atom. The molecular formula is C28H31ClN4O7. The van der Waals surface area contributed by atoms with Gasteiger partial charge in [0.2, 0.25) is 0 Å². The highest BCUT2D eigenvalue weighted by Gasteiger charge is 2.22. The smallest absolute Gasteiger partial charge is 0.323 e. The monoisotopic (exact) mass is 570 g/mol. The second-order valence-electron chi connectivity index (χ2n) is 9.05. The zero-order valence-corrected chi connectivity index (χ0v) is 22.8. The van der Waals surface area contributed by atoms with Gasteiger partial charge >= 0.3 is 12.1 Å². The second kappa shape index (κ2) is 13.2. The van der Waals surface area contributed by atoms with Crippen molar-refractivity contribution < 1.29 is 34.0 Å². The number of aliphatic hydroxyl groups excluding tert-OH is 2. The number of nitrogens with zero attached hydrogens (tertiary/aromatic N) is 1. The molecule has 0 saturated heterocycles. The summed E-state index contributed by atoms with van der Waals surface area (Å²) in [4.78, 5) is 27.2. The Labute approximate surface area is 236 Å². The lowest BCUT2D eigenvalue weighted by Crippen LogP contribution is -2.39. The number of aliphatic hydroxyl groups is 2. The van der Waals surface area contributed by atoms with Gasteiger partial charge in [-0.2, -0.15) is 0 Å². The number of fused-ring (bicyclic) bond motifs is 1. The minimum absolute atomic E-state index is 0.0783. The van der Waals surface area contributed by atoms with E-state index in [4.69, 9.17) is 30.9 Å². The average molecular weight is 571 g/mol. The quantitative estimate of drug-likeness (QED) is 0.258. The molecule has 5 N–H and O–H groups in total. The number of methoxy groups -OCH3 is 2. The molecule has 0 radical (unpaired) electrons. The summed E-state index contributed by atoms with van der Waals surface area (Å²) in [7, 11) is 3.07. The van der Waals surface area contributed by atoms with E-state index >= 15 is 0 Å². The highest BCUT2D eigenvalue weighted by molar-refractivity contribution is 6.33. The molecule has 212 valence electrons. The third kappa shape index (κ3) is 7.47. The largest absolute Gasteiger partial charge is 0.497 e. The number of urea groups is 2. The van der Waals surface area contributed by atoms with Crippen LogP contribution in [0.1, 0.15) is 11.1 Å². The van der Waals surface area contributed by atoms with Gasteiger partial charge in [-0.15, -0.1) is 0 Å². The summed E-state index contributed by atoms with van der Waals surface area (Å²) in [5.74, 6) is 1.52. The van der Waals surface area contributed by atoms with Crippen LogP contribution in [0.2, 0.25) is 5.02 Å². The molecule has 1 atom stereocenters. The van der Waals surface area contributed by atoms with E-state index in [0.29, 0.717) is 53.8 Å². The predicted molar refractivity (Wildman–Crippen MR) is 152 cm³/mol. The first-order chi connectivity index (χ1) is 19.3. The van der Waals surface area contributed by atoms with Gasteiger partial charge in [0.1, 0.15) is 30.0 Å². The van der Waals surface area contributed by atoms with Gasteiger partial charge in [0.05, 0.1) is 31.5 Å². The van der Waals surface area contributed by atoms with E-state index in [2.05, 4.69) is 16.0 Å². The van der Waals surface area contributed by atoms with Crippen molar-refractivity contribution in [1.82, 2.24) is 4.90 Å². The average Bonchev–Trinajstić information content (AvgIpc) is 2.96. The van der Waals surface area contributed by atoms with Crippen molar-refractivity contribution in [3.8, 4) is 17.2 Å². The first-order valence-corrected chi connectivity index (χ1v) is 12.9. The van der Waals surface area contributed by atoms with Gasteiger partial charge in [-0.05, 0) is 41.8 Å². The van der Waals surface area contributed by atoms with Crippen molar-refractivity contribution in [3.63, 3.8) is 0 Å². The molecule has 3 aromatic rings. The Kier molecular flexibility index (Phi) is 9.54. The van der Waals surface area contributed by atoms with Crippen molar-refractivity contribution in [2.45, 2.75) is 19.1 Å². The molecule has 0 fully saturated rings. The number of benzene rings is 3. The van der Waals surface area contributed by atoms with Crippen molar-refractivity contribution in [3.05, 3.63) is 70.7 Å². The lowest BCUT2D eigenvalue weighted by atomic mass is 9.99. The Bertz CT molecular complexity index is 1350. The number of halogens is 1. The zero-order valence-electron chi connectivity index (χ0n) is 22.1. The summed E-state index contributed by atoms with van der Waals surface area (Å²) >= 11 is 6.31. The minimum atomic E-state index is -0.993. The van der Waals surface area contributed by atoms with Gasteiger partial charge in [0, 0.05) is 48.7 Å². The summed E-state index contributed by atoms with van der Waals surface area (Å²) in [5.41, 5.74) is 3.59. The molecule has 0 aliphatic carbocycles. The van der Waals surface area contributed by atoms with Gasteiger partial charge < -0.3 is 45.3 Å². The molecule has 1 aliphatic rings. The summed E-state index contributed by atoms with van der Waals surface area (Å²) in [6.45, 7) is 0.393. The first-order valence-electron chi connectivity index (χ1n) is 12.5. The number of rotatable bonds is 9. The van der Waals surface area contributed by atoms with Gasteiger partial charge in [0.25, 0.3) is 0 Å². The van der Waals surface area contributed by atoms with E-state index in [1.807, 2.05) is 12.1 Å². The maximum absolute atomic E-state index is 12.9. The molecule has 0 saturated carbocycles. The van der Waals surface area contributed by atoms with E-state index in [0.717, 1.165) is 11.1 Å². The number of carbonyl (C=O) groups is 2. The van der Waals surface area contributed by atoms with Gasteiger partial charge in [0.15, 0.2) is 0 Å². The molecule has 0 aromatic heterocycles. The van der Waals surface area contributed by atoms with Crippen LogP contribution in [-0.4, -0.2) is 67.3 Å². The fraction of sp³-hybridized carbons (Fsp3) is 0.286. The molecule has 0 spiro atoms. The van der Waals surface area contributed by atoms with Crippen LogP contribution in [0.3, 0.4) is 0 Å². The summed E-state index contributed by atoms with van der Waals surface area (Å²) < 4.78 is 15.9. The van der Waals surface area contributed by atoms with Gasteiger partial charge in [-0.3, -0.25) is 0 Å². The molecule has 40 heavy (non-hydrogen) atoms. The molecule has 4 amide bonds. The van der Waals surface area contributed by atoms with Crippen LogP contribution < -0.4 is 30.2 Å². The number of hydrogen-bond acceptors (Lipinski definition) is 7.